The molecule has 126 valence electrons. The van der Waals surface area contributed by atoms with Crippen molar-refractivity contribution in [1.29, 1.82) is 0 Å². The molecule has 8 nitrogen and oxygen atoms in total. The molecule has 1 saturated carbocycles. The second-order valence-electron chi connectivity index (χ2n) is 5.28. The molecular weight excluding hydrogens is 336 g/mol. The van der Waals surface area contributed by atoms with E-state index in [1.807, 2.05) is 11.6 Å². The first-order valence-electron chi connectivity index (χ1n) is 7.19. The second kappa shape index (κ2) is 8.16. The lowest BCUT2D eigenvalue weighted by Crippen LogP contribution is -2.32. The van der Waals surface area contributed by atoms with Crippen LogP contribution < -0.4 is 16.8 Å². The van der Waals surface area contributed by atoms with Gasteiger partial charge in [0.15, 0.2) is 5.96 Å². The molecular formula is C13H20N6O2S2. The predicted molar refractivity (Wildman–Crippen MR) is 94.3 cm³/mol. The van der Waals surface area contributed by atoms with Crippen LogP contribution in [0.5, 0.6) is 0 Å². The van der Waals surface area contributed by atoms with Crippen LogP contribution in [-0.4, -0.2) is 28.2 Å². The fourth-order valence-electron chi connectivity index (χ4n) is 2.66. The molecule has 0 spiro atoms. The van der Waals surface area contributed by atoms with Crippen molar-refractivity contribution >= 4 is 34.2 Å². The number of hydrogen-bond donors (Lipinski definition) is 3. The lowest BCUT2D eigenvalue weighted by molar-refractivity contribution is -0.403. The standard InChI is InChI=1S/C13H20N6O2S2/c1-22-11(6-19(20)21)16-9-4-2-3-8(5-9)10-7-23-13(17-10)18-12(14)15/h6-9,16H,2-5H2,1H3,(H4,14,15,17,18). The molecule has 1 aromatic heterocycles. The molecule has 1 aliphatic carbocycles. The summed E-state index contributed by atoms with van der Waals surface area (Å²) in [6.07, 6.45) is 6.84. The van der Waals surface area contributed by atoms with Crippen molar-refractivity contribution in [3.8, 4) is 0 Å². The molecule has 0 bridgehead atoms. The van der Waals surface area contributed by atoms with Crippen LogP contribution in [0.2, 0.25) is 0 Å². The molecule has 0 aromatic carbocycles. The third-order valence-electron chi connectivity index (χ3n) is 3.62. The van der Waals surface area contributed by atoms with Gasteiger partial charge >= 0.3 is 0 Å². The van der Waals surface area contributed by atoms with E-state index in [4.69, 9.17) is 11.5 Å². The van der Waals surface area contributed by atoms with Gasteiger partial charge in [0.1, 0.15) is 5.03 Å². The fraction of sp³-hybridized carbons (Fsp3) is 0.538. The van der Waals surface area contributed by atoms with Crippen LogP contribution in [0.15, 0.2) is 21.6 Å². The molecule has 23 heavy (non-hydrogen) atoms. The Labute approximate surface area is 142 Å². The van der Waals surface area contributed by atoms with E-state index in [2.05, 4.69) is 15.3 Å². The highest BCUT2D eigenvalue weighted by molar-refractivity contribution is 8.02. The minimum absolute atomic E-state index is 0.00335. The maximum atomic E-state index is 10.6. The zero-order valence-electron chi connectivity index (χ0n) is 12.8. The van der Waals surface area contributed by atoms with Crippen molar-refractivity contribution in [3.05, 3.63) is 32.4 Å². The summed E-state index contributed by atoms with van der Waals surface area (Å²) in [7, 11) is 0. The minimum atomic E-state index is -0.429. The molecule has 1 aromatic rings. The Kier molecular flexibility index (Phi) is 6.22. The average Bonchev–Trinajstić information content (AvgIpc) is 2.94. The van der Waals surface area contributed by atoms with Crippen LogP contribution in [0.4, 0.5) is 5.13 Å². The van der Waals surface area contributed by atoms with Gasteiger partial charge in [0.2, 0.25) is 5.13 Å². The number of aromatic nitrogens is 1. The van der Waals surface area contributed by atoms with E-state index >= 15 is 0 Å². The maximum absolute atomic E-state index is 10.6. The Morgan fingerprint density at radius 1 is 1.61 bits per heavy atom. The van der Waals surface area contributed by atoms with Crippen LogP contribution in [0.3, 0.4) is 0 Å². The largest absolute Gasteiger partial charge is 0.372 e. The summed E-state index contributed by atoms with van der Waals surface area (Å²) in [6, 6.07) is 0.209. The smallest absolute Gasteiger partial charge is 0.263 e. The van der Waals surface area contributed by atoms with Gasteiger partial charge in [-0.1, -0.05) is 6.42 Å². The molecule has 1 aliphatic rings. The Balaban J connectivity index is 2.01. The molecule has 2 unspecified atom stereocenters. The number of aliphatic imine (C=N–C) groups is 1. The Bertz CT molecular complexity index is 611. The van der Waals surface area contributed by atoms with E-state index in [1.54, 1.807) is 0 Å². The normalized spacial score (nSPS) is 21.7. The van der Waals surface area contributed by atoms with Crippen LogP contribution in [0, 0.1) is 10.1 Å². The first-order chi connectivity index (χ1) is 11.0. The zero-order valence-corrected chi connectivity index (χ0v) is 14.4. The third kappa shape index (κ3) is 5.39. The summed E-state index contributed by atoms with van der Waals surface area (Å²) < 4.78 is 0. The molecule has 5 N–H and O–H groups in total. The first kappa shape index (κ1) is 17.5. The molecule has 0 saturated heterocycles. The van der Waals surface area contributed by atoms with Crippen molar-refractivity contribution in [1.82, 2.24) is 10.3 Å². The SMILES string of the molecule is CSC(=C[N+](=O)[O-])NC1CCCC(c2csc(N=C(N)N)n2)C1. The Hall–Kier alpha value is -1.81. The maximum Gasteiger partial charge on any atom is 0.263 e. The lowest BCUT2D eigenvalue weighted by Gasteiger charge is -2.29. The summed E-state index contributed by atoms with van der Waals surface area (Å²) in [5.41, 5.74) is 11.7. The summed E-state index contributed by atoms with van der Waals surface area (Å²) in [4.78, 5) is 18.6. The topological polar surface area (TPSA) is 132 Å². The van der Waals surface area contributed by atoms with Gasteiger partial charge in [0.25, 0.3) is 6.20 Å². The first-order valence-corrected chi connectivity index (χ1v) is 9.29. The number of thioether (sulfide) groups is 1. The van der Waals surface area contributed by atoms with E-state index < -0.39 is 4.92 Å². The van der Waals surface area contributed by atoms with Gasteiger partial charge in [0, 0.05) is 17.3 Å². The predicted octanol–water partition coefficient (Wildman–Crippen LogP) is 2.10. The highest BCUT2D eigenvalue weighted by atomic mass is 32.2. The van der Waals surface area contributed by atoms with Crippen LogP contribution in [0.25, 0.3) is 0 Å². The number of nitrogens with two attached hydrogens (primary N) is 2. The molecule has 1 heterocycles. The van der Waals surface area contributed by atoms with Gasteiger partial charge < -0.3 is 16.8 Å². The van der Waals surface area contributed by atoms with Gasteiger partial charge in [-0.05, 0) is 25.5 Å². The number of nitrogens with zero attached hydrogens (tertiary/aromatic N) is 3. The van der Waals surface area contributed by atoms with E-state index in [0.717, 1.165) is 37.6 Å². The van der Waals surface area contributed by atoms with Crippen molar-refractivity contribution in [3.63, 3.8) is 0 Å². The van der Waals surface area contributed by atoms with Gasteiger partial charge in [-0.3, -0.25) is 10.1 Å². The van der Waals surface area contributed by atoms with Crippen LogP contribution >= 0.6 is 23.1 Å². The van der Waals surface area contributed by atoms with Crippen molar-refractivity contribution < 1.29 is 4.92 Å². The van der Waals surface area contributed by atoms with Gasteiger partial charge in [0.05, 0.1) is 10.6 Å². The summed E-state index contributed by atoms with van der Waals surface area (Å²) >= 11 is 2.76. The Morgan fingerprint density at radius 2 is 2.39 bits per heavy atom. The quantitative estimate of drug-likeness (QED) is 0.308. The second-order valence-corrected chi connectivity index (χ2v) is 6.96. The molecule has 10 heteroatoms. The molecule has 2 atom stereocenters. The molecule has 0 aliphatic heterocycles. The molecule has 0 radical (unpaired) electrons. The van der Waals surface area contributed by atoms with E-state index in [9.17, 15) is 10.1 Å². The third-order valence-corrected chi connectivity index (χ3v) is 5.03. The molecule has 1 fully saturated rings. The zero-order chi connectivity index (χ0) is 16.8. The molecule has 2 rings (SSSR count). The number of guanidine groups is 1. The minimum Gasteiger partial charge on any atom is -0.372 e. The van der Waals surface area contributed by atoms with E-state index in [0.29, 0.717) is 16.1 Å². The monoisotopic (exact) mass is 356 g/mol. The number of thiazole rings is 1. The van der Waals surface area contributed by atoms with Crippen LogP contribution in [0.1, 0.15) is 37.3 Å². The van der Waals surface area contributed by atoms with Crippen molar-refractivity contribution in [2.24, 2.45) is 16.5 Å². The van der Waals surface area contributed by atoms with Gasteiger partial charge in [-0.15, -0.1) is 23.1 Å². The number of nitrogens with one attached hydrogen (secondary N) is 1. The van der Waals surface area contributed by atoms with Gasteiger partial charge in [-0.2, -0.15) is 4.99 Å². The van der Waals surface area contributed by atoms with E-state index in [1.165, 1.54) is 23.1 Å². The number of nitro groups is 1. The Morgan fingerprint density at radius 3 is 3.04 bits per heavy atom. The lowest BCUT2D eigenvalue weighted by atomic mass is 9.84. The highest BCUT2D eigenvalue weighted by Crippen LogP contribution is 2.35. The summed E-state index contributed by atoms with van der Waals surface area (Å²) in [5.74, 6) is 0.322. The molecule has 0 amide bonds. The van der Waals surface area contributed by atoms with Crippen molar-refractivity contribution in [2.75, 3.05) is 6.26 Å². The summed E-state index contributed by atoms with van der Waals surface area (Å²) in [5, 5.41) is 17.0. The fourth-order valence-corrected chi connectivity index (χ4v) is 3.92. The van der Waals surface area contributed by atoms with Crippen molar-refractivity contribution in [2.45, 2.75) is 37.6 Å². The van der Waals surface area contributed by atoms with Crippen LogP contribution in [-0.2, 0) is 0 Å². The number of rotatable bonds is 6. The van der Waals surface area contributed by atoms with E-state index in [-0.39, 0.29) is 12.0 Å². The number of hydrogen-bond acceptors (Lipinski definition) is 7. The summed E-state index contributed by atoms with van der Waals surface area (Å²) in [6.45, 7) is 0. The average molecular weight is 356 g/mol. The highest BCUT2D eigenvalue weighted by Gasteiger charge is 2.25. The van der Waals surface area contributed by atoms with Gasteiger partial charge in [-0.25, -0.2) is 4.98 Å².